The smallest absolute Gasteiger partial charge is 0.272 e. The Morgan fingerprint density at radius 2 is 2.13 bits per heavy atom. The van der Waals surface area contributed by atoms with Gasteiger partial charge in [-0.2, -0.15) is 0 Å². The molecule has 0 unspecified atom stereocenters. The van der Waals surface area contributed by atoms with E-state index in [0.717, 1.165) is 28.7 Å². The van der Waals surface area contributed by atoms with Crippen molar-refractivity contribution < 1.29 is 9.59 Å². The van der Waals surface area contributed by atoms with E-state index in [9.17, 15) is 9.59 Å². The van der Waals surface area contributed by atoms with E-state index in [1.165, 1.54) is 12.6 Å². The zero-order valence-corrected chi connectivity index (χ0v) is 9.43. The summed E-state index contributed by atoms with van der Waals surface area (Å²) in [7, 11) is 1.50. The fourth-order valence-corrected chi connectivity index (χ4v) is 2.34. The van der Waals surface area contributed by atoms with Gasteiger partial charge in [0, 0.05) is 7.05 Å². The molecule has 1 aliphatic carbocycles. The van der Waals surface area contributed by atoms with Gasteiger partial charge in [-0.15, -0.1) is 0 Å². The van der Waals surface area contributed by atoms with Gasteiger partial charge in [-0.1, -0.05) is 17.7 Å². The summed E-state index contributed by atoms with van der Waals surface area (Å²) < 4.78 is 0. The summed E-state index contributed by atoms with van der Waals surface area (Å²) in [5, 5.41) is -0.200. The second kappa shape index (κ2) is 3.70. The number of nitrogens with zero attached hydrogens (tertiary/aromatic N) is 1. The number of imide groups is 1. The third-order valence-electron chi connectivity index (χ3n) is 2.37. The molecule has 1 fully saturated rings. The topological polar surface area (TPSA) is 37.4 Å². The van der Waals surface area contributed by atoms with Crippen molar-refractivity contribution in [1.29, 1.82) is 0 Å². The maximum absolute atomic E-state index is 11.6. The van der Waals surface area contributed by atoms with Crippen LogP contribution in [0.25, 0.3) is 0 Å². The SMILES string of the molecule is CC1=CC=C(C=C2SC(=O)N(C)C2=O)C1. The first kappa shape index (κ1) is 10.2. The molecule has 3 nitrogen and oxygen atoms in total. The minimum absolute atomic E-state index is 0.199. The van der Waals surface area contributed by atoms with Crippen LogP contribution in [0, 0.1) is 0 Å². The van der Waals surface area contributed by atoms with Gasteiger partial charge >= 0.3 is 0 Å². The van der Waals surface area contributed by atoms with Gasteiger partial charge < -0.3 is 0 Å². The summed E-state index contributed by atoms with van der Waals surface area (Å²) in [5.74, 6) is -0.199. The Kier molecular flexibility index (Phi) is 2.52. The minimum Gasteiger partial charge on any atom is -0.272 e. The normalized spacial score (nSPS) is 23.9. The summed E-state index contributed by atoms with van der Waals surface area (Å²) in [5.41, 5.74) is 2.36. The maximum Gasteiger partial charge on any atom is 0.293 e. The number of thioether (sulfide) groups is 1. The average molecular weight is 221 g/mol. The minimum atomic E-state index is -0.200. The van der Waals surface area contributed by atoms with Crippen LogP contribution < -0.4 is 0 Å². The Morgan fingerprint density at radius 3 is 2.60 bits per heavy atom. The van der Waals surface area contributed by atoms with Gasteiger partial charge in [0.1, 0.15) is 0 Å². The number of hydrogen-bond acceptors (Lipinski definition) is 3. The summed E-state index contributed by atoms with van der Waals surface area (Å²) in [6.07, 6.45) is 6.69. The van der Waals surface area contributed by atoms with E-state index in [1.54, 1.807) is 6.08 Å². The molecule has 0 saturated carbocycles. The molecular weight excluding hydrogens is 210 g/mol. The predicted molar refractivity (Wildman–Crippen MR) is 60.3 cm³/mol. The molecule has 78 valence electrons. The van der Waals surface area contributed by atoms with Crippen LogP contribution in [0.3, 0.4) is 0 Å². The third kappa shape index (κ3) is 1.90. The number of likely N-dealkylation sites (N-methyl/N-ethyl adjacent to an activating group) is 1. The van der Waals surface area contributed by atoms with Crippen LogP contribution in [-0.4, -0.2) is 23.1 Å². The quantitative estimate of drug-likeness (QED) is 0.638. The number of rotatable bonds is 1. The number of allylic oxidation sites excluding steroid dienone is 5. The van der Waals surface area contributed by atoms with Gasteiger partial charge in [-0.25, -0.2) is 0 Å². The highest BCUT2D eigenvalue weighted by Gasteiger charge is 2.31. The van der Waals surface area contributed by atoms with Crippen LogP contribution in [0.5, 0.6) is 0 Å². The van der Waals surface area contributed by atoms with Crippen LogP contribution in [0.2, 0.25) is 0 Å². The summed E-state index contributed by atoms with van der Waals surface area (Å²) in [6, 6.07) is 0. The molecule has 0 aromatic heterocycles. The molecule has 0 aromatic carbocycles. The lowest BCUT2D eigenvalue weighted by Gasteiger charge is -2.01. The lowest BCUT2D eigenvalue weighted by atomic mass is 10.1. The first-order chi connectivity index (χ1) is 7.08. The van der Waals surface area contributed by atoms with Gasteiger partial charge in [0.15, 0.2) is 0 Å². The molecule has 1 heterocycles. The number of amides is 2. The zero-order valence-electron chi connectivity index (χ0n) is 8.61. The Morgan fingerprint density at radius 1 is 1.40 bits per heavy atom. The van der Waals surface area contributed by atoms with E-state index >= 15 is 0 Å². The fraction of sp³-hybridized carbons (Fsp3) is 0.273. The monoisotopic (exact) mass is 221 g/mol. The van der Waals surface area contributed by atoms with Crippen molar-refractivity contribution in [3.63, 3.8) is 0 Å². The summed E-state index contributed by atoms with van der Waals surface area (Å²) in [4.78, 5) is 24.5. The molecular formula is C11H11NO2S. The van der Waals surface area contributed by atoms with E-state index in [4.69, 9.17) is 0 Å². The van der Waals surface area contributed by atoms with Crippen molar-refractivity contribution in [2.24, 2.45) is 0 Å². The highest BCUT2D eigenvalue weighted by atomic mass is 32.2. The Labute approximate surface area is 92.5 Å². The van der Waals surface area contributed by atoms with Crippen LogP contribution in [-0.2, 0) is 4.79 Å². The highest BCUT2D eigenvalue weighted by Crippen LogP contribution is 2.32. The van der Waals surface area contributed by atoms with E-state index in [1.807, 2.05) is 19.1 Å². The lowest BCUT2D eigenvalue weighted by molar-refractivity contribution is -0.121. The maximum atomic E-state index is 11.6. The summed E-state index contributed by atoms with van der Waals surface area (Å²) in [6.45, 7) is 2.04. The molecule has 0 bridgehead atoms. The van der Waals surface area contributed by atoms with Crippen molar-refractivity contribution in [2.75, 3.05) is 7.05 Å². The number of carbonyl (C=O) groups excluding carboxylic acids is 2. The van der Waals surface area contributed by atoms with Gasteiger partial charge in [-0.3, -0.25) is 14.5 Å². The second-order valence-electron chi connectivity index (χ2n) is 3.67. The zero-order chi connectivity index (χ0) is 11.0. The molecule has 0 atom stereocenters. The molecule has 1 aliphatic heterocycles. The van der Waals surface area contributed by atoms with Crippen LogP contribution in [0.15, 0.2) is 34.3 Å². The molecule has 2 aliphatic rings. The highest BCUT2D eigenvalue weighted by molar-refractivity contribution is 8.18. The Bertz CT molecular complexity index is 432. The first-order valence-electron chi connectivity index (χ1n) is 4.66. The molecule has 4 heteroatoms. The van der Waals surface area contributed by atoms with Gasteiger partial charge in [0.2, 0.25) is 0 Å². The molecule has 0 aromatic rings. The van der Waals surface area contributed by atoms with Gasteiger partial charge in [0.25, 0.3) is 11.1 Å². The number of hydrogen-bond donors (Lipinski definition) is 0. The standard InChI is InChI=1S/C11H11NO2S/c1-7-3-4-8(5-7)6-9-10(13)12(2)11(14)15-9/h3-4,6H,5H2,1-2H3. The van der Waals surface area contributed by atoms with Crippen LogP contribution in [0.1, 0.15) is 13.3 Å². The van der Waals surface area contributed by atoms with Crippen molar-refractivity contribution in [1.82, 2.24) is 4.90 Å². The van der Waals surface area contributed by atoms with Gasteiger partial charge in [-0.05, 0) is 36.8 Å². The fourth-order valence-electron chi connectivity index (χ4n) is 1.50. The van der Waals surface area contributed by atoms with E-state index in [-0.39, 0.29) is 11.1 Å². The molecule has 0 radical (unpaired) electrons. The Hall–Kier alpha value is -1.29. The molecule has 15 heavy (non-hydrogen) atoms. The van der Waals surface area contributed by atoms with Crippen LogP contribution in [0.4, 0.5) is 4.79 Å². The first-order valence-corrected chi connectivity index (χ1v) is 5.47. The molecule has 2 amide bonds. The molecule has 2 rings (SSSR count). The van der Waals surface area contributed by atoms with Crippen molar-refractivity contribution in [2.45, 2.75) is 13.3 Å². The average Bonchev–Trinajstić information content (AvgIpc) is 2.68. The summed E-state index contributed by atoms with van der Waals surface area (Å²) >= 11 is 1.00. The van der Waals surface area contributed by atoms with E-state index in [0.29, 0.717) is 4.91 Å². The Balaban J connectivity index is 2.17. The van der Waals surface area contributed by atoms with E-state index < -0.39 is 0 Å². The lowest BCUT2D eigenvalue weighted by Crippen LogP contribution is -2.22. The molecule has 1 saturated heterocycles. The second-order valence-corrected chi connectivity index (χ2v) is 4.67. The van der Waals surface area contributed by atoms with E-state index in [2.05, 4.69) is 0 Å². The largest absolute Gasteiger partial charge is 0.293 e. The third-order valence-corrected chi connectivity index (χ3v) is 3.33. The predicted octanol–water partition coefficient (Wildman–Crippen LogP) is 2.47. The molecule has 0 N–H and O–H groups in total. The van der Waals surface area contributed by atoms with Crippen molar-refractivity contribution in [3.8, 4) is 0 Å². The van der Waals surface area contributed by atoms with Crippen LogP contribution >= 0.6 is 11.8 Å². The molecule has 0 spiro atoms. The van der Waals surface area contributed by atoms with Crippen molar-refractivity contribution in [3.05, 3.63) is 34.3 Å². The van der Waals surface area contributed by atoms with Crippen molar-refractivity contribution >= 4 is 22.9 Å². The number of carbonyl (C=O) groups is 2. The van der Waals surface area contributed by atoms with Gasteiger partial charge in [0.05, 0.1) is 4.91 Å².